The first-order valence-corrected chi connectivity index (χ1v) is 6.55. The van der Waals surface area contributed by atoms with Crippen molar-refractivity contribution in [3.63, 3.8) is 0 Å². The summed E-state index contributed by atoms with van der Waals surface area (Å²) in [6.07, 6.45) is -4.45. The van der Waals surface area contributed by atoms with Crippen LogP contribution in [-0.4, -0.2) is 0 Å². The second kappa shape index (κ2) is 6.37. The maximum atomic E-state index is 12.9. The number of hydrogen-bond donors (Lipinski definition) is 1. The highest BCUT2D eigenvalue weighted by atomic mass is 35.5. The molecule has 0 atom stereocenters. The van der Waals surface area contributed by atoms with Crippen molar-refractivity contribution < 1.29 is 17.9 Å². The lowest BCUT2D eigenvalue weighted by molar-refractivity contribution is -0.138. The molecule has 0 aliphatic heterocycles. The molecule has 2 N–H and O–H groups in total. The predicted molar refractivity (Wildman–Crippen MR) is 75.1 cm³/mol. The van der Waals surface area contributed by atoms with Crippen LogP contribution in [-0.2, 0) is 19.3 Å². The van der Waals surface area contributed by atoms with Gasteiger partial charge in [-0.1, -0.05) is 29.8 Å². The summed E-state index contributed by atoms with van der Waals surface area (Å²) < 4.78 is 44.1. The molecular weight excluding hydrogens is 303 g/mol. The van der Waals surface area contributed by atoms with Crippen LogP contribution in [0.25, 0.3) is 0 Å². The summed E-state index contributed by atoms with van der Waals surface area (Å²) in [5, 5.41) is 0.588. The molecule has 0 aliphatic carbocycles. The molecule has 6 heteroatoms. The van der Waals surface area contributed by atoms with Gasteiger partial charge in [0.1, 0.15) is 12.4 Å². The molecule has 0 saturated heterocycles. The molecule has 2 aromatic carbocycles. The van der Waals surface area contributed by atoms with Crippen LogP contribution in [0.5, 0.6) is 5.75 Å². The second-order valence-electron chi connectivity index (χ2n) is 4.44. The van der Waals surface area contributed by atoms with Gasteiger partial charge in [-0.3, -0.25) is 0 Å². The van der Waals surface area contributed by atoms with E-state index in [1.807, 2.05) is 0 Å². The molecule has 2 rings (SSSR count). The largest absolute Gasteiger partial charge is 0.489 e. The van der Waals surface area contributed by atoms with Crippen molar-refractivity contribution in [1.29, 1.82) is 0 Å². The first-order valence-electron chi connectivity index (χ1n) is 6.17. The minimum Gasteiger partial charge on any atom is -0.489 e. The van der Waals surface area contributed by atoms with E-state index in [1.165, 1.54) is 12.1 Å². The van der Waals surface area contributed by atoms with Gasteiger partial charge in [0.25, 0.3) is 0 Å². The molecule has 0 heterocycles. The van der Waals surface area contributed by atoms with Crippen LogP contribution in [0, 0.1) is 0 Å². The topological polar surface area (TPSA) is 35.2 Å². The summed E-state index contributed by atoms with van der Waals surface area (Å²) >= 11 is 5.76. The molecule has 2 aromatic rings. The third-order valence-corrected chi connectivity index (χ3v) is 3.18. The van der Waals surface area contributed by atoms with Gasteiger partial charge in [-0.05, 0) is 35.4 Å². The monoisotopic (exact) mass is 315 g/mol. The molecule has 0 fully saturated rings. The zero-order valence-corrected chi connectivity index (χ0v) is 11.7. The summed E-state index contributed by atoms with van der Waals surface area (Å²) in [7, 11) is 0. The number of alkyl halides is 3. The van der Waals surface area contributed by atoms with Gasteiger partial charge in [-0.25, -0.2) is 0 Å². The lowest BCUT2D eigenvalue weighted by atomic mass is 10.1. The summed E-state index contributed by atoms with van der Waals surface area (Å²) in [6, 6.07) is 10.7. The Morgan fingerprint density at radius 2 is 1.71 bits per heavy atom. The molecule has 0 amide bonds. The Kier molecular flexibility index (Phi) is 4.75. The van der Waals surface area contributed by atoms with Crippen LogP contribution >= 0.6 is 11.6 Å². The first kappa shape index (κ1) is 15.7. The van der Waals surface area contributed by atoms with E-state index in [9.17, 15) is 13.2 Å². The van der Waals surface area contributed by atoms with E-state index in [-0.39, 0.29) is 24.5 Å². The SMILES string of the molecule is NCc1ccc(OCc2ccc(Cl)cc2)cc1C(F)(F)F. The Morgan fingerprint density at radius 1 is 1.05 bits per heavy atom. The van der Waals surface area contributed by atoms with Crippen molar-refractivity contribution in [1.82, 2.24) is 0 Å². The quantitative estimate of drug-likeness (QED) is 0.907. The smallest absolute Gasteiger partial charge is 0.416 e. The van der Waals surface area contributed by atoms with Gasteiger partial charge < -0.3 is 10.5 Å². The standard InChI is InChI=1S/C15H13ClF3NO/c16-12-4-1-10(2-5-12)9-21-13-6-3-11(8-20)14(7-13)15(17,18)19/h1-7H,8-9,20H2. The van der Waals surface area contributed by atoms with E-state index in [4.69, 9.17) is 22.1 Å². The van der Waals surface area contributed by atoms with Gasteiger partial charge in [-0.2, -0.15) is 13.2 Å². The Balaban J connectivity index is 2.15. The van der Waals surface area contributed by atoms with E-state index in [2.05, 4.69) is 0 Å². The summed E-state index contributed by atoms with van der Waals surface area (Å²) in [6.45, 7) is -0.0112. The van der Waals surface area contributed by atoms with Crippen LogP contribution in [0.1, 0.15) is 16.7 Å². The van der Waals surface area contributed by atoms with Gasteiger partial charge in [0.05, 0.1) is 5.56 Å². The fraction of sp³-hybridized carbons (Fsp3) is 0.200. The van der Waals surface area contributed by atoms with Crippen molar-refractivity contribution in [2.75, 3.05) is 0 Å². The molecule has 0 radical (unpaired) electrons. The van der Waals surface area contributed by atoms with Gasteiger partial charge in [-0.15, -0.1) is 0 Å². The Labute approximate surface area is 125 Å². The van der Waals surface area contributed by atoms with Crippen LogP contribution in [0.15, 0.2) is 42.5 Å². The molecule has 0 bridgehead atoms. The van der Waals surface area contributed by atoms with Crippen LogP contribution < -0.4 is 10.5 Å². The molecule has 112 valence electrons. The molecule has 2 nitrogen and oxygen atoms in total. The third kappa shape index (κ3) is 4.12. The Bertz CT molecular complexity index is 611. The van der Waals surface area contributed by atoms with Crippen LogP contribution in [0.3, 0.4) is 0 Å². The number of ether oxygens (including phenoxy) is 1. The lowest BCUT2D eigenvalue weighted by Crippen LogP contribution is -2.12. The van der Waals surface area contributed by atoms with Crippen LogP contribution in [0.4, 0.5) is 13.2 Å². The summed E-state index contributed by atoms with van der Waals surface area (Å²) in [5.41, 5.74) is 5.42. The maximum Gasteiger partial charge on any atom is 0.416 e. The van der Waals surface area contributed by atoms with Gasteiger partial charge in [0.2, 0.25) is 0 Å². The van der Waals surface area contributed by atoms with Gasteiger partial charge in [0, 0.05) is 11.6 Å². The number of hydrogen-bond acceptors (Lipinski definition) is 2. The fourth-order valence-electron chi connectivity index (χ4n) is 1.83. The molecule has 0 aromatic heterocycles. The minimum atomic E-state index is -4.45. The zero-order chi connectivity index (χ0) is 15.5. The van der Waals surface area contributed by atoms with Crippen LogP contribution in [0.2, 0.25) is 5.02 Å². The number of nitrogens with two attached hydrogens (primary N) is 1. The molecule has 0 aliphatic rings. The van der Waals surface area contributed by atoms with E-state index in [0.717, 1.165) is 11.6 Å². The summed E-state index contributed by atoms with van der Waals surface area (Å²) in [4.78, 5) is 0. The third-order valence-electron chi connectivity index (χ3n) is 2.93. The number of halogens is 4. The van der Waals surface area contributed by atoms with E-state index in [1.54, 1.807) is 24.3 Å². The fourth-order valence-corrected chi connectivity index (χ4v) is 1.96. The predicted octanol–water partition coefficient (Wildman–Crippen LogP) is 4.40. The Morgan fingerprint density at radius 3 is 2.29 bits per heavy atom. The Hall–Kier alpha value is -1.72. The summed E-state index contributed by atoms with van der Waals surface area (Å²) in [5.74, 6) is 0.148. The molecule has 0 saturated carbocycles. The maximum absolute atomic E-state index is 12.9. The highest BCUT2D eigenvalue weighted by Gasteiger charge is 2.33. The molecule has 0 unspecified atom stereocenters. The molecule has 0 spiro atoms. The molecular formula is C15H13ClF3NO. The van der Waals surface area contributed by atoms with E-state index < -0.39 is 11.7 Å². The van der Waals surface area contributed by atoms with Crippen molar-refractivity contribution in [2.45, 2.75) is 19.3 Å². The number of rotatable bonds is 4. The van der Waals surface area contributed by atoms with Gasteiger partial charge in [0.15, 0.2) is 0 Å². The highest BCUT2D eigenvalue weighted by molar-refractivity contribution is 6.30. The molecule has 21 heavy (non-hydrogen) atoms. The highest BCUT2D eigenvalue weighted by Crippen LogP contribution is 2.34. The minimum absolute atomic E-state index is 0.0429. The van der Waals surface area contributed by atoms with E-state index >= 15 is 0 Å². The van der Waals surface area contributed by atoms with Crippen molar-refractivity contribution in [3.8, 4) is 5.75 Å². The zero-order valence-electron chi connectivity index (χ0n) is 11.0. The van der Waals surface area contributed by atoms with Crippen molar-refractivity contribution in [2.24, 2.45) is 5.73 Å². The van der Waals surface area contributed by atoms with Crippen molar-refractivity contribution >= 4 is 11.6 Å². The van der Waals surface area contributed by atoms with E-state index in [0.29, 0.717) is 5.02 Å². The normalized spacial score (nSPS) is 11.5. The second-order valence-corrected chi connectivity index (χ2v) is 4.87. The number of benzene rings is 2. The average Bonchev–Trinajstić information content (AvgIpc) is 2.45. The first-order chi connectivity index (χ1) is 9.90. The van der Waals surface area contributed by atoms with Crippen molar-refractivity contribution in [3.05, 3.63) is 64.2 Å². The average molecular weight is 316 g/mol. The van der Waals surface area contributed by atoms with Gasteiger partial charge >= 0.3 is 6.18 Å². The lowest BCUT2D eigenvalue weighted by Gasteiger charge is -2.14.